The van der Waals surface area contributed by atoms with Gasteiger partial charge in [0.25, 0.3) is 0 Å². The van der Waals surface area contributed by atoms with Crippen molar-refractivity contribution < 1.29 is 32.9 Å². The Kier molecular flexibility index (Phi) is 40.7. The number of allylic oxidation sites excluding steroid dienone is 7. The molecule has 3 N–H and O–H groups in total. The van der Waals surface area contributed by atoms with E-state index in [4.69, 9.17) is 9.05 Å². The quantitative estimate of drug-likeness (QED) is 0.0244. The van der Waals surface area contributed by atoms with E-state index < -0.39 is 20.0 Å². The summed E-state index contributed by atoms with van der Waals surface area (Å²) in [6, 6.07) is -0.862. The molecule has 0 aliphatic rings. The van der Waals surface area contributed by atoms with E-state index in [0.717, 1.165) is 64.2 Å². The van der Waals surface area contributed by atoms with Crippen LogP contribution in [0.3, 0.4) is 0 Å². The summed E-state index contributed by atoms with van der Waals surface area (Å²) in [5.41, 5.74) is 0. The van der Waals surface area contributed by atoms with Crippen molar-refractivity contribution in [2.75, 3.05) is 40.9 Å². The van der Waals surface area contributed by atoms with E-state index in [9.17, 15) is 19.4 Å². The molecule has 3 atom stereocenters. The van der Waals surface area contributed by atoms with E-state index in [1.165, 1.54) is 128 Å². The van der Waals surface area contributed by atoms with Crippen molar-refractivity contribution >= 4 is 13.7 Å². The van der Waals surface area contributed by atoms with Gasteiger partial charge in [-0.25, -0.2) is 4.57 Å². The van der Waals surface area contributed by atoms with Gasteiger partial charge in [0.05, 0.1) is 39.9 Å². The number of phosphoric acid groups is 1. The van der Waals surface area contributed by atoms with Crippen molar-refractivity contribution in [2.24, 2.45) is 0 Å². The van der Waals surface area contributed by atoms with Crippen LogP contribution >= 0.6 is 7.82 Å². The predicted molar refractivity (Wildman–Crippen MR) is 254 cm³/mol. The molecular weight excluding hydrogens is 756 g/mol. The summed E-state index contributed by atoms with van der Waals surface area (Å²) in [7, 11) is 1.55. The second-order valence-corrected chi connectivity index (χ2v) is 19.3. The molecule has 3 unspecified atom stereocenters. The second kappa shape index (κ2) is 41.8. The molecule has 0 aliphatic carbocycles. The fraction of sp³-hybridized carbons (Fsp3) is 0.820. The molecule has 0 saturated heterocycles. The first-order valence-corrected chi connectivity index (χ1v) is 26.0. The average molecular weight is 852 g/mol. The summed E-state index contributed by atoms with van der Waals surface area (Å²) in [5, 5.41) is 13.8. The lowest BCUT2D eigenvalue weighted by atomic mass is 10.0. The van der Waals surface area contributed by atoms with Crippen LogP contribution < -0.4 is 5.32 Å². The van der Waals surface area contributed by atoms with Crippen LogP contribution in [0.4, 0.5) is 0 Å². The molecule has 9 heteroatoms. The number of aliphatic hydroxyl groups excluding tert-OH is 1. The van der Waals surface area contributed by atoms with E-state index in [0.29, 0.717) is 17.4 Å². The first-order chi connectivity index (χ1) is 28.5. The lowest BCUT2D eigenvalue weighted by molar-refractivity contribution is -0.870. The Hall–Kier alpha value is -1.54. The topological polar surface area (TPSA) is 105 Å². The van der Waals surface area contributed by atoms with Crippen molar-refractivity contribution in [1.82, 2.24) is 5.32 Å². The van der Waals surface area contributed by atoms with Gasteiger partial charge in [0.1, 0.15) is 13.2 Å². The van der Waals surface area contributed by atoms with E-state index in [-0.39, 0.29) is 19.1 Å². The van der Waals surface area contributed by atoms with Gasteiger partial charge >= 0.3 is 7.82 Å². The molecular formula is C50H96N2O6P+. The second-order valence-electron chi connectivity index (χ2n) is 17.8. The summed E-state index contributed by atoms with van der Waals surface area (Å²) in [5.74, 6) is -0.206. The first kappa shape index (κ1) is 57.5. The number of carbonyl (C=O) groups excluding carboxylic acids is 1. The number of likely N-dealkylation sites (N-methyl/N-ethyl adjacent to an activating group) is 1. The number of phosphoric ester groups is 1. The van der Waals surface area contributed by atoms with Gasteiger partial charge in [0.15, 0.2) is 0 Å². The number of aliphatic hydroxyl groups is 1. The van der Waals surface area contributed by atoms with Gasteiger partial charge in [0.2, 0.25) is 5.91 Å². The van der Waals surface area contributed by atoms with Gasteiger partial charge in [-0.05, 0) is 51.4 Å². The number of rotatable bonds is 44. The normalized spacial score (nSPS) is 14.6. The SMILES string of the molecule is CC/C=C\C/C=C\C/C=C\CCCCCC(=O)NC(COP(=O)(O)OCC[N+](C)(C)C)C(O)/C=C/CCCCCCCCCCCCCCCCCCCCCCCC. The molecule has 346 valence electrons. The van der Waals surface area contributed by atoms with Crippen LogP contribution in [0.5, 0.6) is 0 Å². The monoisotopic (exact) mass is 852 g/mol. The van der Waals surface area contributed by atoms with Gasteiger partial charge in [-0.1, -0.05) is 204 Å². The van der Waals surface area contributed by atoms with E-state index >= 15 is 0 Å². The maximum atomic E-state index is 12.9. The summed E-state index contributed by atoms with van der Waals surface area (Å²) in [6.07, 6.45) is 53.5. The molecule has 0 fully saturated rings. The van der Waals surface area contributed by atoms with Crippen LogP contribution in [0.25, 0.3) is 0 Å². The largest absolute Gasteiger partial charge is 0.472 e. The minimum absolute atomic E-state index is 0.0544. The molecule has 0 aromatic rings. The summed E-state index contributed by atoms with van der Waals surface area (Å²) in [6.45, 7) is 4.68. The van der Waals surface area contributed by atoms with Gasteiger partial charge in [-0.3, -0.25) is 13.8 Å². The molecule has 0 aromatic heterocycles. The molecule has 0 aromatic carbocycles. The lowest BCUT2D eigenvalue weighted by Gasteiger charge is -2.25. The zero-order chi connectivity index (χ0) is 43.6. The third-order valence-electron chi connectivity index (χ3n) is 10.8. The van der Waals surface area contributed by atoms with Crippen LogP contribution in [0, 0.1) is 0 Å². The van der Waals surface area contributed by atoms with Crippen molar-refractivity contribution in [3.05, 3.63) is 48.6 Å². The number of unbranched alkanes of at least 4 members (excludes halogenated alkanes) is 25. The van der Waals surface area contributed by atoms with Crippen molar-refractivity contribution in [3.8, 4) is 0 Å². The highest BCUT2D eigenvalue weighted by atomic mass is 31.2. The zero-order valence-electron chi connectivity index (χ0n) is 39.2. The summed E-state index contributed by atoms with van der Waals surface area (Å²) in [4.78, 5) is 23.1. The number of nitrogens with one attached hydrogen (secondary N) is 1. The lowest BCUT2D eigenvalue weighted by Crippen LogP contribution is -2.45. The van der Waals surface area contributed by atoms with E-state index in [1.54, 1.807) is 6.08 Å². The van der Waals surface area contributed by atoms with E-state index in [1.807, 2.05) is 27.2 Å². The molecule has 0 saturated carbocycles. The van der Waals surface area contributed by atoms with Gasteiger partial charge < -0.3 is 19.8 Å². The van der Waals surface area contributed by atoms with Crippen molar-refractivity contribution in [1.29, 1.82) is 0 Å². The van der Waals surface area contributed by atoms with Crippen LogP contribution in [-0.2, 0) is 18.4 Å². The minimum Gasteiger partial charge on any atom is -0.387 e. The number of carbonyl (C=O) groups is 1. The van der Waals surface area contributed by atoms with E-state index in [2.05, 4.69) is 55.6 Å². The Morgan fingerprint density at radius 3 is 1.49 bits per heavy atom. The smallest absolute Gasteiger partial charge is 0.387 e. The highest BCUT2D eigenvalue weighted by Crippen LogP contribution is 2.43. The zero-order valence-corrected chi connectivity index (χ0v) is 40.1. The van der Waals surface area contributed by atoms with Crippen LogP contribution in [-0.4, -0.2) is 73.4 Å². The third kappa shape index (κ3) is 44.3. The maximum absolute atomic E-state index is 12.9. The van der Waals surface area contributed by atoms with Crippen molar-refractivity contribution in [3.63, 3.8) is 0 Å². The summed E-state index contributed by atoms with van der Waals surface area (Å²) >= 11 is 0. The number of quaternary nitrogens is 1. The van der Waals surface area contributed by atoms with Crippen LogP contribution in [0.2, 0.25) is 0 Å². The molecule has 0 spiro atoms. The Morgan fingerprint density at radius 1 is 0.593 bits per heavy atom. The highest BCUT2D eigenvalue weighted by Gasteiger charge is 2.27. The van der Waals surface area contributed by atoms with Gasteiger partial charge in [-0.15, -0.1) is 0 Å². The molecule has 0 bridgehead atoms. The average Bonchev–Trinajstić information content (AvgIpc) is 3.19. The fourth-order valence-corrected chi connectivity index (χ4v) is 7.67. The van der Waals surface area contributed by atoms with Crippen molar-refractivity contribution in [2.45, 2.75) is 225 Å². The predicted octanol–water partition coefficient (Wildman–Crippen LogP) is 14.0. The number of hydrogen-bond donors (Lipinski definition) is 3. The third-order valence-corrected chi connectivity index (χ3v) is 11.8. The Balaban J connectivity index is 4.29. The fourth-order valence-electron chi connectivity index (χ4n) is 6.94. The van der Waals surface area contributed by atoms with Gasteiger partial charge in [-0.2, -0.15) is 0 Å². The standard InChI is InChI=1S/C50H95N2O6P/c1-6-8-10-12-14-16-18-20-21-22-23-24-25-26-27-28-29-30-32-33-35-37-39-41-43-49(53)48(47-58-59(55,56)57-46-45-52(3,4)5)51-50(54)44-42-40-38-36-34-31-19-17-15-13-11-9-7-2/h9,11,15,17,31,34,41,43,48-49,53H,6-8,10,12-14,16,18-30,32-33,35-40,42,44-47H2,1-5H3,(H-,51,54,55,56)/p+1/b11-9-,17-15-,34-31-,43-41+. The first-order valence-electron chi connectivity index (χ1n) is 24.5. The molecule has 1 amide bonds. The molecule has 59 heavy (non-hydrogen) atoms. The minimum atomic E-state index is -4.35. The maximum Gasteiger partial charge on any atom is 0.472 e. The molecule has 0 rings (SSSR count). The van der Waals surface area contributed by atoms with Crippen LogP contribution in [0.15, 0.2) is 48.6 Å². The molecule has 0 heterocycles. The number of nitrogens with zero attached hydrogens (tertiary/aromatic N) is 1. The van der Waals surface area contributed by atoms with Gasteiger partial charge in [0, 0.05) is 6.42 Å². The number of amides is 1. The number of hydrogen-bond acceptors (Lipinski definition) is 5. The Morgan fingerprint density at radius 2 is 1.02 bits per heavy atom. The molecule has 8 nitrogen and oxygen atoms in total. The molecule has 0 radical (unpaired) electrons. The Bertz CT molecular complexity index is 1100. The highest BCUT2D eigenvalue weighted by molar-refractivity contribution is 7.47. The van der Waals surface area contributed by atoms with Crippen LogP contribution in [0.1, 0.15) is 213 Å². The summed E-state index contributed by atoms with van der Waals surface area (Å²) < 4.78 is 23.6. The molecule has 0 aliphatic heterocycles. The Labute approximate surface area is 365 Å².